The summed E-state index contributed by atoms with van der Waals surface area (Å²) in [5, 5.41) is 4.70. The lowest BCUT2D eigenvalue weighted by atomic mass is 10.0. The third-order valence-electron chi connectivity index (χ3n) is 11.2. The summed E-state index contributed by atoms with van der Waals surface area (Å²) in [5.74, 6) is 0. The van der Waals surface area contributed by atoms with Gasteiger partial charge in [0.15, 0.2) is 0 Å². The largest absolute Gasteiger partial charge is 0.456 e. The van der Waals surface area contributed by atoms with Crippen molar-refractivity contribution in [1.82, 2.24) is 4.57 Å². The van der Waals surface area contributed by atoms with Crippen molar-refractivity contribution in [3.05, 3.63) is 218 Å². The second kappa shape index (κ2) is 13.6. The first kappa shape index (κ1) is 32.8. The van der Waals surface area contributed by atoms with Crippen molar-refractivity contribution in [3.63, 3.8) is 0 Å². The Morgan fingerprint density at radius 3 is 1.63 bits per heavy atom. The van der Waals surface area contributed by atoms with Gasteiger partial charge in [-0.25, -0.2) is 0 Å². The average molecular weight is 729 g/mol. The van der Waals surface area contributed by atoms with E-state index in [0.29, 0.717) is 0 Å². The number of nitrogens with zero attached hydrogens (tertiary/aromatic N) is 2. The number of aromatic nitrogens is 1. The van der Waals surface area contributed by atoms with Crippen LogP contribution in [0.2, 0.25) is 0 Å². The van der Waals surface area contributed by atoms with E-state index in [2.05, 4.69) is 216 Å². The normalized spacial score (nSPS) is 11.5. The summed E-state index contributed by atoms with van der Waals surface area (Å²) < 4.78 is 8.69. The number of furan rings is 1. The standard InChI is InChI=1S/C54H36N2O/c1-3-14-37(15-4-1)38-26-30-41(31-27-38)55(43-34-35-53-49(36-43)47-20-9-12-25-52(47)57-53)42-32-28-40(29-33-42)44-18-7-10-23-50(44)56-51-24-11-8-19-46(51)48-22-13-21-45(54(48)56)39-16-5-2-6-17-39/h1-36H. The Morgan fingerprint density at radius 2 is 0.860 bits per heavy atom. The maximum Gasteiger partial charge on any atom is 0.135 e. The molecule has 0 radical (unpaired) electrons. The molecule has 0 aliphatic heterocycles. The molecule has 0 aliphatic rings. The van der Waals surface area contributed by atoms with Crippen molar-refractivity contribution in [3.8, 4) is 39.1 Å². The Hall–Kier alpha value is -7.62. The van der Waals surface area contributed by atoms with E-state index in [1.54, 1.807) is 0 Å². The highest BCUT2D eigenvalue weighted by atomic mass is 16.3. The van der Waals surface area contributed by atoms with Crippen molar-refractivity contribution in [1.29, 1.82) is 0 Å². The second-order valence-corrected chi connectivity index (χ2v) is 14.5. The summed E-state index contributed by atoms with van der Waals surface area (Å²) in [7, 11) is 0. The fraction of sp³-hybridized carbons (Fsp3) is 0. The van der Waals surface area contributed by atoms with Gasteiger partial charge in [-0.2, -0.15) is 0 Å². The lowest BCUT2D eigenvalue weighted by Crippen LogP contribution is -2.09. The summed E-state index contributed by atoms with van der Waals surface area (Å²) in [6.45, 7) is 0. The highest BCUT2D eigenvalue weighted by molar-refractivity contribution is 6.14. The van der Waals surface area contributed by atoms with E-state index in [9.17, 15) is 0 Å². The summed E-state index contributed by atoms with van der Waals surface area (Å²) in [4.78, 5) is 2.34. The van der Waals surface area contributed by atoms with Crippen LogP contribution in [0.5, 0.6) is 0 Å². The van der Waals surface area contributed by atoms with Crippen LogP contribution in [0.1, 0.15) is 0 Å². The van der Waals surface area contributed by atoms with E-state index in [4.69, 9.17) is 4.42 Å². The molecule has 2 aromatic heterocycles. The van der Waals surface area contributed by atoms with Gasteiger partial charge in [0.25, 0.3) is 0 Å². The van der Waals surface area contributed by atoms with Crippen LogP contribution in [0.4, 0.5) is 17.1 Å². The number of para-hydroxylation sites is 4. The molecule has 0 bridgehead atoms. The molecule has 57 heavy (non-hydrogen) atoms. The molecule has 9 aromatic carbocycles. The zero-order chi connectivity index (χ0) is 37.7. The Labute approximate surface area is 330 Å². The van der Waals surface area contributed by atoms with Crippen LogP contribution in [-0.2, 0) is 0 Å². The van der Waals surface area contributed by atoms with E-state index in [-0.39, 0.29) is 0 Å². The highest BCUT2D eigenvalue weighted by Crippen LogP contribution is 2.43. The zero-order valence-corrected chi connectivity index (χ0v) is 31.1. The lowest BCUT2D eigenvalue weighted by Gasteiger charge is -2.26. The van der Waals surface area contributed by atoms with Gasteiger partial charge >= 0.3 is 0 Å². The first-order valence-corrected chi connectivity index (χ1v) is 19.4. The zero-order valence-electron chi connectivity index (χ0n) is 31.1. The van der Waals surface area contributed by atoms with Gasteiger partial charge in [-0.3, -0.25) is 0 Å². The monoisotopic (exact) mass is 728 g/mol. The molecule has 0 aliphatic carbocycles. The average Bonchev–Trinajstić information content (AvgIpc) is 3.83. The van der Waals surface area contributed by atoms with Crippen LogP contribution in [0.15, 0.2) is 223 Å². The Morgan fingerprint density at radius 1 is 0.333 bits per heavy atom. The number of hydrogen-bond donors (Lipinski definition) is 0. The Kier molecular flexibility index (Phi) is 7.82. The summed E-state index contributed by atoms with van der Waals surface area (Å²) >= 11 is 0. The minimum absolute atomic E-state index is 0.881. The maximum atomic E-state index is 6.24. The number of benzene rings is 9. The van der Waals surface area contributed by atoms with Gasteiger partial charge < -0.3 is 13.9 Å². The first-order valence-electron chi connectivity index (χ1n) is 19.4. The van der Waals surface area contributed by atoms with Crippen LogP contribution in [-0.4, -0.2) is 4.57 Å². The van der Waals surface area contributed by atoms with E-state index >= 15 is 0 Å². The Bertz CT molecular complexity index is 3210. The van der Waals surface area contributed by atoms with Crippen molar-refractivity contribution in [2.45, 2.75) is 0 Å². The van der Waals surface area contributed by atoms with Crippen molar-refractivity contribution in [2.24, 2.45) is 0 Å². The van der Waals surface area contributed by atoms with Crippen LogP contribution in [0, 0.1) is 0 Å². The minimum atomic E-state index is 0.881. The SMILES string of the molecule is c1ccc(-c2ccc(N(c3ccc(-c4ccccc4-n4c5ccccc5c5cccc(-c6ccccc6)c54)cc3)c3ccc4oc5ccccc5c4c3)cc2)cc1. The molecule has 3 heteroatoms. The maximum absolute atomic E-state index is 6.24. The van der Waals surface area contributed by atoms with Gasteiger partial charge in [-0.15, -0.1) is 0 Å². The van der Waals surface area contributed by atoms with Crippen LogP contribution in [0.3, 0.4) is 0 Å². The molecule has 11 rings (SSSR count). The highest BCUT2D eigenvalue weighted by Gasteiger charge is 2.20. The minimum Gasteiger partial charge on any atom is -0.456 e. The molecule has 0 N–H and O–H groups in total. The van der Waals surface area contributed by atoms with Gasteiger partial charge in [-0.1, -0.05) is 158 Å². The molecule has 0 atom stereocenters. The molecule has 2 heterocycles. The molecule has 268 valence electrons. The Balaban J connectivity index is 1.06. The molecule has 0 amide bonds. The van der Waals surface area contributed by atoms with Gasteiger partial charge in [0.05, 0.1) is 16.7 Å². The number of hydrogen-bond acceptors (Lipinski definition) is 2. The quantitative estimate of drug-likeness (QED) is 0.163. The van der Waals surface area contributed by atoms with E-state index in [1.807, 2.05) is 12.1 Å². The summed E-state index contributed by atoms with van der Waals surface area (Å²) in [6.07, 6.45) is 0. The summed E-state index contributed by atoms with van der Waals surface area (Å²) in [6, 6.07) is 78.1. The molecular formula is C54H36N2O. The number of rotatable bonds is 7. The van der Waals surface area contributed by atoms with Crippen LogP contribution < -0.4 is 4.90 Å². The molecule has 0 fully saturated rings. The summed E-state index contributed by atoms with van der Waals surface area (Å²) in [5.41, 5.74) is 15.6. The third-order valence-corrected chi connectivity index (χ3v) is 11.2. The van der Waals surface area contributed by atoms with Gasteiger partial charge in [0, 0.05) is 49.7 Å². The van der Waals surface area contributed by atoms with Crippen molar-refractivity contribution in [2.75, 3.05) is 4.90 Å². The van der Waals surface area contributed by atoms with Gasteiger partial charge in [0.1, 0.15) is 11.2 Å². The molecule has 0 saturated heterocycles. The van der Waals surface area contributed by atoms with E-state index in [0.717, 1.165) is 50.3 Å². The van der Waals surface area contributed by atoms with Gasteiger partial charge in [-0.05, 0) is 82.9 Å². The predicted octanol–water partition coefficient (Wildman–Crippen LogP) is 15.2. The van der Waals surface area contributed by atoms with Crippen molar-refractivity contribution < 1.29 is 4.42 Å². The molecule has 0 unspecified atom stereocenters. The molecule has 0 spiro atoms. The fourth-order valence-electron chi connectivity index (χ4n) is 8.56. The third kappa shape index (κ3) is 5.60. The van der Waals surface area contributed by atoms with Crippen LogP contribution in [0.25, 0.3) is 82.8 Å². The second-order valence-electron chi connectivity index (χ2n) is 14.5. The molecular weight excluding hydrogens is 693 g/mol. The fourth-order valence-corrected chi connectivity index (χ4v) is 8.56. The van der Waals surface area contributed by atoms with Crippen molar-refractivity contribution >= 4 is 60.8 Å². The number of anilines is 3. The first-order chi connectivity index (χ1) is 28.3. The lowest BCUT2D eigenvalue weighted by molar-refractivity contribution is 0.669. The van der Waals surface area contributed by atoms with E-state index in [1.165, 1.54) is 49.6 Å². The smallest absolute Gasteiger partial charge is 0.135 e. The molecule has 11 aromatic rings. The van der Waals surface area contributed by atoms with Crippen LogP contribution >= 0.6 is 0 Å². The number of fused-ring (bicyclic) bond motifs is 6. The molecule has 0 saturated carbocycles. The topological polar surface area (TPSA) is 21.3 Å². The predicted molar refractivity (Wildman–Crippen MR) is 239 cm³/mol. The molecule has 3 nitrogen and oxygen atoms in total. The van der Waals surface area contributed by atoms with E-state index < -0.39 is 0 Å². The van der Waals surface area contributed by atoms with Gasteiger partial charge in [0.2, 0.25) is 0 Å².